The average Bonchev–Trinajstić information content (AvgIpc) is 2.71. The van der Waals surface area contributed by atoms with Gasteiger partial charge < -0.3 is 15.4 Å². The van der Waals surface area contributed by atoms with Gasteiger partial charge in [-0.15, -0.1) is 0 Å². The Hall–Kier alpha value is -3.48. The van der Waals surface area contributed by atoms with Gasteiger partial charge in [0.15, 0.2) is 17.5 Å². The highest BCUT2D eigenvalue weighted by molar-refractivity contribution is 6.04. The van der Waals surface area contributed by atoms with Crippen molar-refractivity contribution in [3.63, 3.8) is 0 Å². The van der Waals surface area contributed by atoms with E-state index in [9.17, 15) is 18.0 Å². The second-order valence-corrected chi connectivity index (χ2v) is 5.92. The van der Waals surface area contributed by atoms with E-state index in [1.807, 2.05) is 24.3 Å². The van der Waals surface area contributed by atoms with Crippen LogP contribution in [0.2, 0.25) is 0 Å². The van der Waals surface area contributed by atoms with Gasteiger partial charge in [-0.05, 0) is 42.5 Å². The fraction of sp³-hybridized carbons (Fsp3) is 0.0952. The fourth-order valence-corrected chi connectivity index (χ4v) is 2.62. The van der Waals surface area contributed by atoms with Crippen LogP contribution in [0.15, 0.2) is 60.7 Å². The number of ether oxygens (including phenoxy) is 1. The molecule has 0 aliphatic heterocycles. The van der Waals surface area contributed by atoms with Gasteiger partial charge in [0, 0.05) is 23.5 Å². The summed E-state index contributed by atoms with van der Waals surface area (Å²) in [6, 6.07) is 15.9. The maximum atomic E-state index is 13.7. The van der Waals surface area contributed by atoms with Crippen molar-refractivity contribution in [2.45, 2.75) is 6.54 Å². The molecule has 0 saturated carbocycles. The van der Waals surface area contributed by atoms with E-state index in [0.29, 0.717) is 18.3 Å². The van der Waals surface area contributed by atoms with E-state index in [2.05, 4.69) is 10.6 Å². The lowest BCUT2D eigenvalue weighted by Gasteiger charge is -2.11. The summed E-state index contributed by atoms with van der Waals surface area (Å²) >= 11 is 0. The summed E-state index contributed by atoms with van der Waals surface area (Å²) in [6.45, 7) is 0.537. The Morgan fingerprint density at radius 2 is 1.57 bits per heavy atom. The quantitative estimate of drug-likeness (QED) is 0.588. The normalized spacial score (nSPS) is 10.4. The van der Waals surface area contributed by atoms with Gasteiger partial charge in [-0.2, -0.15) is 0 Å². The lowest BCUT2D eigenvalue weighted by molar-refractivity contribution is 0.102. The summed E-state index contributed by atoms with van der Waals surface area (Å²) in [5.41, 5.74) is 1.59. The number of carbonyl (C=O) groups excluding carboxylic acids is 1. The van der Waals surface area contributed by atoms with Crippen LogP contribution in [0.4, 0.5) is 24.5 Å². The lowest BCUT2D eigenvalue weighted by Crippen LogP contribution is -2.15. The molecule has 0 unspecified atom stereocenters. The molecule has 0 aliphatic carbocycles. The highest BCUT2D eigenvalue weighted by atomic mass is 19.2. The number of benzene rings is 3. The molecule has 2 N–H and O–H groups in total. The maximum Gasteiger partial charge on any atom is 0.258 e. The Kier molecular flexibility index (Phi) is 5.84. The van der Waals surface area contributed by atoms with Crippen LogP contribution in [0.1, 0.15) is 15.9 Å². The molecule has 28 heavy (non-hydrogen) atoms. The molecule has 4 nitrogen and oxygen atoms in total. The van der Waals surface area contributed by atoms with Gasteiger partial charge in [-0.1, -0.05) is 18.2 Å². The van der Waals surface area contributed by atoms with Crippen molar-refractivity contribution >= 4 is 17.3 Å². The smallest absolute Gasteiger partial charge is 0.258 e. The van der Waals surface area contributed by atoms with Crippen molar-refractivity contribution < 1.29 is 22.7 Å². The number of anilines is 2. The first-order valence-electron chi connectivity index (χ1n) is 8.40. The minimum absolute atomic E-state index is 0.386. The van der Waals surface area contributed by atoms with Crippen LogP contribution < -0.4 is 15.4 Å². The molecule has 7 heteroatoms. The van der Waals surface area contributed by atoms with E-state index >= 15 is 0 Å². The average molecular weight is 386 g/mol. The third-order valence-electron chi connectivity index (χ3n) is 4.10. The monoisotopic (exact) mass is 386 g/mol. The van der Waals surface area contributed by atoms with Gasteiger partial charge in [-0.3, -0.25) is 4.79 Å². The molecule has 0 radical (unpaired) electrons. The number of halogens is 3. The number of hydrogen-bond acceptors (Lipinski definition) is 3. The van der Waals surface area contributed by atoms with Gasteiger partial charge in [0.2, 0.25) is 0 Å². The molecule has 0 aliphatic rings. The van der Waals surface area contributed by atoms with E-state index in [1.54, 1.807) is 31.4 Å². The Labute approximate surface area is 160 Å². The molecule has 3 rings (SSSR count). The zero-order chi connectivity index (χ0) is 20.1. The zero-order valence-electron chi connectivity index (χ0n) is 14.9. The number of rotatable bonds is 6. The molecule has 0 aromatic heterocycles. The van der Waals surface area contributed by atoms with E-state index in [1.165, 1.54) is 0 Å². The van der Waals surface area contributed by atoms with Crippen molar-refractivity contribution in [3.8, 4) is 5.75 Å². The Balaban J connectivity index is 1.64. The second kappa shape index (κ2) is 8.47. The largest absolute Gasteiger partial charge is 0.496 e. The first-order chi connectivity index (χ1) is 13.5. The van der Waals surface area contributed by atoms with Gasteiger partial charge >= 0.3 is 0 Å². The molecular formula is C21H17F3N2O2. The SMILES string of the molecule is COc1ccccc1CNc1ccc(NC(=O)c2ccc(F)c(F)c2F)cc1. The fourth-order valence-electron chi connectivity index (χ4n) is 2.62. The number of carbonyl (C=O) groups is 1. The summed E-state index contributed by atoms with van der Waals surface area (Å²) in [5.74, 6) is -4.64. The van der Waals surface area contributed by atoms with E-state index in [4.69, 9.17) is 4.74 Å². The summed E-state index contributed by atoms with van der Waals surface area (Å²) in [7, 11) is 1.60. The first-order valence-corrected chi connectivity index (χ1v) is 8.40. The van der Waals surface area contributed by atoms with E-state index in [-0.39, 0.29) is 0 Å². The molecule has 3 aromatic rings. The van der Waals surface area contributed by atoms with Crippen LogP contribution in [0.25, 0.3) is 0 Å². The molecule has 0 atom stereocenters. The van der Waals surface area contributed by atoms with E-state index < -0.39 is 28.9 Å². The minimum atomic E-state index is -1.68. The highest BCUT2D eigenvalue weighted by Crippen LogP contribution is 2.21. The Bertz CT molecular complexity index is 991. The number of para-hydroxylation sites is 1. The molecule has 0 fully saturated rings. The summed E-state index contributed by atoms with van der Waals surface area (Å²) < 4.78 is 45.3. The number of hydrogen-bond donors (Lipinski definition) is 2. The molecule has 1 amide bonds. The summed E-state index contributed by atoms with van der Waals surface area (Å²) in [4.78, 5) is 12.1. The van der Waals surface area contributed by atoms with Crippen molar-refractivity contribution in [3.05, 3.63) is 89.2 Å². The van der Waals surface area contributed by atoms with Crippen LogP contribution in [0.5, 0.6) is 5.75 Å². The number of nitrogens with one attached hydrogen (secondary N) is 2. The number of methoxy groups -OCH3 is 1. The van der Waals surface area contributed by atoms with Crippen molar-refractivity contribution in [1.82, 2.24) is 0 Å². The van der Waals surface area contributed by atoms with Crippen LogP contribution in [0, 0.1) is 17.5 Å². The van der Waals surface area contributed by atoms with Crippen molar-refractivity contribution in [2.75, 3.05) is 17.7 Å². The summed E-state index contributed by atoms with van der Waals surface area (Å²) in [5, 5.41) is 5.68. The Morgan fingerprint density at radius 3 is 2.29 bits per heavy atom. The second-order valence-electron chi connectivity index (χ2n) is 5.92. The minimum Gasteiger partial charge on any atom is -0.496 e. The molecule has 144 valence electrons. The third kappa shape index (κ3) is 4.25. The van der Waals surface area contributed by atoms with Crippen LogP contribution in [0.3, 0.4) is 0 Å². The predicted octanol–water partition coefficient (Wildman–Crippen LogP) is 4.98. The van der Waals surface area contributed by atoms with Gasteiger partial charge in [0.25, 0.3) is 5.91 Å². The predicted molar refractivity (Wildman–Crippen MR) is 101 cm³/mol. The van der Waals surface area contributed by atoms with Gasteiger partial charge in [0.1, 0.15) is 5.75 Å². The maximum absolute atomic E-state index is 13.7. The van der Waals surface area contributed by atoms with Crippen LogP contribution in [-0.4, -0.2) is 13.0 Å². The molecule has 0 bridgehead atoms. The molecule has 0 spiro atoms. The molecule has 0 heterocycles. The third-order valence-corrected chi connectivity index (χ3v) is 4.10. The Morgan fingerprint density at radius 1 is 0.893 bits per heavy atom. The molecular weight excluding hydrogens is 369 g/mol. The topological polar surface area (TPSA) is 50.4 Å². The summed E-state index contributed by atoms with van der Waals surface area (Å²) in [6.07, 6.45) is 0. The molecule has 0 saturated heterocycles. The molecule has 3 aromatic carbocycles. The standard InChI is InChI=1S/C21H17F3N2O2/c1-28-18-5-3-2-4-13(18)12-25-14-6-8-15(9-7-14)26-21(27)16-10-11-17(22)20(24)19(16)23/h2-11,25H,12H2,1H3,(H,26,27). The van der Waals surface area contributed by atoms with Crippen molar-refractivity contribution in [1.29, 1.82) is 0 Å². The number of amides is 1. The zero-order valence-corrected chi connectivity index (χ0v) is 14.9. The van der Waals surface area contributed by atoms with Crippen LogP contribution in [-0.2, 0) is 6.54 Å². The van der Waals surface area contributed by atoms with Crippen LogP contribution >= 0.6 is 0 Å². The highest BCUT2D eigenvalue weighted by Gasteiger charge is 2.18. The lowest BCUT2D eigenvalue weighted by atomic mass is 10.1. The van der Waals surface area contributed by atoms with E-state index in [0.717, 1.165) is 23.1 Å². The van der Waals surface area contributed by atoms with Crippen molar-refractivity contribution in [2.24, 2.45) is 0 Å². The first kappa shape index (κ1) is 19.3. The van der Waals surface area contributed by atoms with Gasteiger partial charge in [0.05, 0.1) is 12.7 Å². The van der Waals surface area contributed by atoms with Gasteiger partial charge in [-0.25, -0.2) is 13.2 Å².